The maximum absolute atomic E-state index is 8.97. The van der Waals surface area contributed by atoms with E-state index in [0.29, 0.717) is 0 Å². The highest BCUT2D eigenvalue weighted by atomic mass is 16.3. The maximum atomic E-state index is 8.97. The van der Waals surface area contributed by atoms with Crippen LogP contribution in [0, 0.1) is 0 Å². The Labute approximate surface area is 55.9 Å². The molecular formula is C6H15NO2. The van der Waals surface area contributed by atoms with Gasteiger partial charge in [-0.05, 0) is 20.9 Å². The van der Waals surface area contributed by atoms with E-state index in [2.05, 4.69) is 0 Å². The van der Waals surface area contributed by atoms with Crippen molar-refractivity contribution >= 4 is 0 Å². The van der Waals surface area contributed by atoms with Crippen molar-refractivity contribution in [2.24, 2.45) is 0 Å². The lowest BCUT2D eigenvalue weighted by atomic mass is 10.2. The Bertz CT molecular complexity index is 75.5. The van der Waals surface area contributed by atoms with E-state index in [1.807, 2.05) is 6.92 Å². The van der Waals surface area contributed by atoms with Gasteiger partial charge in [0.25, 0.3) is 0 Å². The van der Waals surface area contributed by atoms with Crippen molar-refractivity contribution in [3.8, 4) is 0 Å². The third-order valence-electron chi connectivity index (χ3n) is 1.62. The minimum atomic E-state index is -0.387. The number of aliphatic hydroxyl groups excluding tert-OH is 2. The van der Waals surface area contributed by atoms with Crippen molar-refractivity contribution in [3.63, 3.8) is 0 Å². The minimum absolute atomic E-state index is 0.00787. The van der Waals surface area contributed by atoms with Crippen molar-refractivity contribution < 1.29 is 10.2 Å². The molecule has 0 saturated heterocycles. The maximum Gasteiger partial charge on any atom is 0.0957 e. The lowest BCUT2D eigenvalue weighted by molar-refractivity contribution is 0.0325. The van der Waals surface area contributed by atoms with E-state index >= 15 is 0 Å². The minimum Gasteiger partial charge on any atom is -0.392 e. The van der Waals surface area contributed by atoms with Crippen LogP contribution >= 0.6 is 0 Å². The van der Waals surface area contributed by atoms with Gasteiger partial charge in [0.15, 0.2) is 0 Å². The van der Waals surface area contributed by atoms with E-state index in [4.69, 9.17) is 10.2 Å². The van der Waals surface area contributed by atoms with Gasteiger partial charge in [0, 0.05) is 6.04 Å². The fourth-order valence-electron chi connectivity index (χ4n) is 0.497. The topological polar surface area (TPSA) is 43.7 Å². The molecule has 2 atom stereocenters. The second-order valence-corrected chi connectivity index (χ2v) is 2.38. The Morgan fingerprint density at radius 3 is 2.00 bits per heavy atom. The molecule has 0 bridgehead atoms. The van der Waals surface area contributed by atoms with Crippen LogP contribution in [-0.4, -0.2) is 41.0 Å². The van der Waals surface area contributed by atoms with Crippen LogP contribution in [0.5, 0.6) is 0 Å². The lowest BCUT2D eigenvalue weighted by Crippen LogP contribution is -2.37. The van der Waals surface area contributed by atoms with Crippen LogP contribution < -0.4 is 0 Å². The molecular weight excluding hydrogens is 118 g/mol. The summed E-state index contributed by atoms with van der Waals surface area (Å²) in [6.45, 7) is 3.56. The van der Waals surface area contributed by atoms with E-state index < -0.39 is 0 Å². The smallest absolute Gasteiger partial charge is 0.0957 e. The predicted octanol–water partition coefficient (Wildman–Crippen LogP) is -0.363. The highest BCUT2D eigenvalue weighted by Crippen LogP contribution is 1.98. The molecule has 0 aliphatic heterocycles. The molecule has 3 heteroatoms. The SMILES string of the molecule is CC(O)C(C)N(C)CO. The zero-order valence-electron chi connectivity index (χ0n) is 6.20. The molecule has 0 spiro atoms. The molecule has 0 heterocycles. The average Bonchev–Trinajstić information content (AvgIpc) is 1.84. The molecule has 0 aromatic rings. The molecule has 0 aromatic carbocycles. The van der Waals surface area contributed by atoms with Gasteiger partial charge in [0.05, 0.1) is 12.8 Å². The van der Waals surface area contributed by atoms with Crippen LogP contribution in [0.2, 0.25) is 0 Å². The van der Waals surface area contributed by atoms with E-state index in [1.165, 1.54) is 0 Å². The lowest BCUT2D eigenvalue weighted by Gasteiger charge is -2.24. The van der Waals surface area contributed by atoms with Gasteiger partial charge in [-0.15, -0.1) is 0 Å². The van der Waals surface area contributed by atoms with Crippen molar-refractivity contribution in [1.82, 2.24) is 4.90 Å². The first-order valence-corrected chi connectivity index (χ1v) is 3.08. The number of hydrogen-bond donors (Lipinski definition) is 2. The number of aliphatic hydroxyl groups is 2. The van der Waals surface area contributed by atoms with Crippen LogP contribution in [0.1, 0.15) is 13.8 Å². The number of rotatable bonds is 3. The summed E-state index contributed by atoms with van der Waals surface area (Å²) in [7, 11) is 1.76. The average molecular weight is 133 g/mol. The standard InChI is InChI=1S/C6H15NO2/c1-5(6(2)9)7(3)4-8/h5-6,8-9H,4H2,1-3H3. The summed E-state index contributed by atoms with van der Waals surface area (Å²) >= 11 is 0. The van der Waals surface area contributed by atoms with E-state index in [-0.39, 0.29) is 18.9 Å². The molecule has 2 unspecified atom stereocenters. The quantitative estimate of drug-likeness (QED) is 0.517. The summed E-state index contributed by atoms with van der Waals surface area (Å²) in [4.78, 5) is 1.67. The third-order valence-corrected chi connectivity index (χ3v) is 1.62. The Morgan fingerprint density at radius 1 is 1.44 bits per heavy atom. The summed E-state index contributed by atoms with van der Waals surface area (Å²) in [5.74, 6) is 0. The molecule has 0 fully saturated rings. The molecule has 9 heavy (non-hydrogen) atoms. The van der Waals surface area contributed by atoms with Crippen LogP contribution in [0.4, 0.5) is 0 Å². The molecule has 0 rings (SSSR count). The normalized spacial score (nSPS) is 18.0. The Morgan fingerprint density at radius 2 is 1.89 bits per heavy atom. The molecule has 0 amide bonds. The van der Waals surface area contributed by atoms with Gasteiger partial charge in [0.1, 0.15) is 0 Å². The summed E-state index contributed by atoms with van der Waals surface area (Å²) in [6, 6.07) is 0.0231. The Balaban J connectivity index is 3.58. The molecule has 0 radical (unpaired) electrons. The van der Waals surface area contributed by atoms with Crippen LogP contribution in [0.25, 0.3) is 0 Å². The zero-order chi connectivity index (χ0) is 7.44. The first-order valence-electron chi connectivity index (χ1n) is 3.08. The van der Waals surface area contributed by atoms with Crippen LogP contribution in [0.15, 0.2) is 0 Å². The monoisotopic (exact) mass is 133 g/mol. The highest BCUT2D eigenvalue weighted by Gasteiger charge is 2.12. The van der Waals surface area contributed by atoms with Crippen LogP contribution in [-0.2, 0) is 0 Å². The first kappa shape index (κ1) is 8.88. The van der Waals surface area contributed by atoms with Crippen molar-refractivity contribution in [2.45, 2.75) is 26.0 Å². The van der Waals surface area contributed by atoms with E-state index in [0.717, 1.165) is 0 Å². The van der Waals surface area contributed by atoms with Gasteiger partial charge in [0.2, 0.25) is 0 Å². The van der Waals surface area contributed by atoms with E-state index in [9.17, 15) is 0 Å². The molecule has 0 aliphatic carbocycles. The van der Waals surface area contributed by atoms with Crippen LogP contribution in [0.3, 0.4) is 0 Å². The van der Waals surface area contributed by atoms with Gasteiger partial charge in [-0.25, -0.2) is 0 Å². The summed E-state index contributed by atoms with van der Waals surface area (Å²) in [6.07, 6.45) is -0.387. The Kier molecular flexibility index (Phi) is 3.77. The van der Waals surface area contributed by atoms with Crippen molar-refractivity contribution in [2.75, 3.05) is 13.8 Å². The van der Waals surface area contributed by atoms with Crippen molar-refractivity contribution in [1.29, 1.82) is 0 Å². The molecule has 0 aliphatic rings. The molecule has 0 saturated carbocycles. The number of likely N-dealkylation sites (N-methyl/N-ethyl adjacent to an activating group) is 1. The second-order valence-electron chi connectivity index (χ2n) is 2.38. The number of nitrogens with zero attached hydrogens (tertiary/aromatic N) is 1. The molecule has 56 valence electrons. The zero-order valence-corrected chi connectivity index (χ0v) is 6.20. The Hall–Kier alpha value is -0.120. The summed E-state index contributed by atoms with van der Waals surface area (Å²) < 4.78 is 0. The molecule has 0 aromatic heterocycles. The van der Waals surface area contributed by atoms with Gasteiger partial charge < -0.3 is 10.2 Å². The van der Waals surface area contributed by atoms with Gasteiger partial charge >= 0.3 is 0 Å². The third kappa shape index (κ3) is 2.79. The fourth-order valence-corrected chi connectivity index (χ4v) is 0.497. The summed E-state index contributed by atoms with van der Waals surface area (Å²) in [5.41, 5.74) is 0. The van der Waals surface area contributed by atoms with E-state index in [1.54, 1.807) is 18.9 Å². The largest absolute Gasteiger partial charge is 0.392 e. The highest BCUT2D eigenvalue weighted by molar-refractivity contribution is 4.65. The fraction of sp³-hybridized carbons (Fsp3) is 1.00. The van der Waals surface area contributed by atoms with Crippen molar-refractivity contribution in [3.05, 3.63) is 0 Å². The summed E-state index contributed by atoms with van der Waals surface area (Å²) in [5, 5.41) is 17.5. The predicted molar refractivity (Wildman–Crippen MR) is 36.0 cm³/mol. The van der Waals surface area contributed by atoms with Gasteiger partial charge in [-0.2, -0.15) is 0 Å². The molecule has 3 nitrogen and oxygen atoms in total. The molecule has 2 N–H and O–H groups in total. The van der Waals surface area contributed by atoms with Gasteiger partial charge in [-0.1, -0.05) is 0 Å². The van der Waals surface area contributed by atoms with Gasteiger partial charge in [-0.3, -0.25) is 4.90 Å². The second kappa shape index (κ2) is 3.82. The first-order chi connectivity index (χ1) is 4.09. The number of hydrogen-bond acceptors (Lipinski definition) is 3.